The first-order valence-corrected chi connectivity index (χ1v) is 7.36. The second-order valence-corrected chi connectivity index (χ2v) is 5.77. The maximum absolute atomic E-state index is 13.2. The molecule has 1 amide bonds. The molecule has 8 heteroatoms. The van der Waals surface area contributed by atoms with Crippen molar-refractivity contribution in [2.45, 2.75) is 5.18 Å². The third-order valence-corrected chi connectivity index (χ3v) is 4.17. The van der Waals surface area contributed by atoms with Gasteiger partial charge in [0.2, 0.25) is 5.91 Å². The van der Waals surface area contributed by atoms with Gasteiger partial charge < -0.3 is 10.5 Å². The molecule has 1 atom stereocenters. The van der Waals surface area contributed by atoms with E-state index in [1.54, 1.807) is 24.3 Å². The van der Waals surface area contributed by atoms with Crippen LogP contribution in [0.25, 0.3) is 0 Å². The fraction of sp³-hybridized carbons (Fsp3) is 0.133. The van der Waals surface area contributed by atoms with Gasteiger partial charge in [0.05, 0.1) is 5.69 Å². The number of ether oxygens (including phenoxy) is 1. The number of rotatable bonds is 3. The van der Waals surface area contributed by atoms with Crippen LogP contribution in [0.15, 0.2) is 48.5 Å². The molecule has 1 heterocycles. The van der Waals surface area contributed by atoms with E-state index in [0.717, 1.165) is 0 Å². The summed E-state index contributed by atoms with van der Waals surface area (Å²) in [4.78, 5) is 11.7. The Balaban J connectivity index is 2.12. The Kier molecular flexibility index (Phi) is 4.16. The molecule has 5 nitrogen and oxygen atoms in total. The number of alkyl halides is 1. The molecule has 0 spiro atoms. The number of halogens is 3. The maximum Gasteiger partial charge on any atom is 0.263 e. The normalized spacial score (nSPS) is 21.6. The number of carbonyl (C=O) groups excluding carboxylic acids is 1. The number of hydrogen-bond donors (Lipinski definition) is 1. The van der Waals surface area contributed by atoms with E-state index in [2.05, 4.69) is 0 Å². The lowest BCUT2D eigenvalue weighted by Crippen LogP contribution is -2.43. The summed E-state index contributed by atoms with van der Waals surface area (Å²) in [5.41, 5.74) is 6.46. The second kappa shape index (κ2) is 5.98. The van der Waals surface area contributed by atoms with Crippen LogP contribution >= 0.6 is 23.4 Å². The molecule has 1 aliphatic rings. The Morgan fingerprint density at radius 2 is 1.87 bits per heavy atom. The first-order valence-electron chi connectivity index (χ1n) is 6.64. The zero-order chi connectivity index (χ0) is 16.6. The molecule has 23 heavy (non-hydrogen) atoms. The fourth-order valence-corrected chi connectivity index (χ4v) is 3.11. The lowest BCUT2D eigenvalue weighted by molar-refractivity contribution is 0.0666. The third kappa shape index (κ3) is 2.74. The van der Waals surface area contributed by atoms with E-state index >= 15 is 0 Å². The summed E-state index contributed by atoms with van der Waals surface area (Å²) in [5, 5.41) is -0.164. The average Bonchev–Trinajstić information content (AvgIpc) is 2.85. The van der Waals surface area contributed by atoms with Crippen LogP contribution in [-0.2, 0) is 9.92 Å². The molecule has 2 aromatic carbocycles. The van der Waals surface area contributed by atoms with Crippen molar-refractivity contribution in [2.24, 2.45) is 5.73 Å². The van der Waals surface area contributed by atoms with E-state index in [4.69, 9.17) is 33.8 Å². The highest BCUT2D eigenvalue weighted by Gasteiger charge is 2.49. The summed E-state index contributed by atoms with van der Waals surface area (Å²) < 4.78 is 20.0. The Morgan fingerprint density at radius 1 is 1.22 bits per heavy atom. The van der Waals surface area contributed by atoms with Crippen LogP contribution in [-0.4, -0.2) is 17.2 Å². The smallest absolute Gasteiger partial charge is 0.263 e. The minimum atomic E-state index is -1.58. The summed E-state index contributed by atoms with van der Waals surface area (Å²) in [7, 11) is 0. The lowest BCUT2D eigenvalue weighted by atomic mass is 10.0. The average molecular weight is 356 g/mol. The predicted molar refractivity (Wildman–Crippen MR) is 85.0 cm³/mol. The SMILES string of the molecule is NC(=O)c1ccccc1C1(Cl)OCN(Cl)N1c1ccc(F)cc1. The van der Waals surface area contributed by atoms with E-state index in [1.807, 2.05) is 0 Å². The molecule has 3 rings (SSSR count). The zero-order valence-electron chi connectivity index (χ0n) is 11.7. The first-order chi connectivity index (χ1) is 10.9. The molecular weight excluding hydrogens is 344 g/mol. The molecule has 2 aromatic rings. The Labute approximate surface area is 142 Å². The van der Waals surface area contributed by atoms with E-state index in [-0.39, 0.29) is 12.3 Å². The van der Waals surface area contributed by atoms with Gasteiger partial charge in [-0.25, -0.2) is 9.40 Å². The van der Waals surface area contributed by atoms with Crippen LogP contribution in [0.5, 0.6) is 0 Å². The van der Waals surface area contributed by atoms with E-state index in [1.165, 1.54) is 33.8 Å². The lowest BCUT2D eigenvalue weighted by Gasteiger charge is -2.34. The molecular formula is C15H12Cl2FN3O2. The Bertz CT molecular complexity index is 744. The monoisotopic (exact) mass is 355 g/mol. The number of hydrazine groups is 1. The van der Waals surface area contributed by atoms with Crippen LogP contribution in [0, 0.1) is 5.82 Å². The van der Waals surface area contributed by atoms with Crippen LogP contribution in [0.3, 0.4) is 0 Å². The molecule has 1 saturated heterocycles. The van der Waals surface area contributed by atoms with Gasteiger partial charge in [0, 0.05) is 22.9 Å². The van der Waals surface area contributed by atoms with Gasteiger partial charge in [-0.15, -0.1) is 4.53 Å². The molecule has 1 fully saturated rings. The van der Waals surface area contributed by atoms with Crippen LogP contribution in [0.4, 0.5) is 10.1 Å². The highest BCUT2D eigenvalue weighted by molar-refractivity contribution is 6.26. The molecule has 0 bridgehead atoms. The number of carbonyl (C=O) groups is 1. The van der Waals surface area contributed by atoms with Gasteiger partial charge in [0.25, 0.3) is 5.18 Å². The fourth-order valence-electron chi connectivity index (χ4n) is 2.43. The first kappa shape index (κ1) is 16.0. The second-order valence-electron chi connectivity index (χ2n) is 4.87. The number of nitrogens with zero attached hydrogens (tertiary/aromatic N) is 2. The topological polar surface area (TPSA) is 58.8 Å². The van der Waals surface area contributed by atoms with Crippen molar-refractivity contribution in [1.82, 2.24) is 4.53 Å². The highest BCUT2D eigenvalue weighted by atomic mass is 35.5. The van der Waals surface area contributed by atoms with Crippen molar-refractivity contribution in [1.29, 1.82) is 0 Å². The zero-order valence-corrected chi connectivity index (χ0v) is 13.3. The number of hydrogen-bond acceptors (Lipinski definition) is 4. The standard InChI is InChI=1S/C15H12Cl2FN3O2/c16-15(13-4-2-1-3-12(13)14(19)22)21(20(17)9-23-15)11-7-5-10(18)6-8-11/h1-8H,9H2,(H2,19,22). The van der Waals surface area contributed by atoms with E-state index in [0.29, 0.717) is 11.3 Å². The minimum absolute atomic E-state index is 0.0322. The van der Waals surface area contributed by atoms with Crippen LogP contribution in [0.2, 0.25) is 0 Å². The molecule has 0 aliphatic carbocycles. The van der Waals surface area contributed by atoms with Crippen molar-refractivity contribution in [3.8, 4) is 0 Å². The highest BCUT2D eigenvalue weighted by Crippen LogP contribution is 2.45. The van der Waals surface area contributed by atoms with Crippen molar-refractivity contribution < 1.29 is 13.9 Å². The van der Waals surface area contributed by atoms with E-state index in [9.17, 15) is 9.18 Å². The molecule has 0 saturated carbocycles. The number of benzene rings is 2. The molecule has 0 aromatic heterocycles. The molecule has 2 N–H and O–H groups in total. The van der Waals surface area contributed by atoms with Crippen molar-refractivity contribution in [2.75, 3.05) is 11.7 Å². The van der Waals surface area contributed by atoms with Crippen LogP contribution in [0.1, 0.15) is 15.9 Å². The van der Waals surface area contributed by atoms with Gasteiger partial charge in [0.1, 0.15) is 12.5 Å². The summed E-state index contributed by atoms with van der Waals surface area (Å²) in [6, 6.07) is 12.1. The molecule has 0 radical (unpaired) electrons. The van der Waals surface area contributed by atoms with Crippen molar-refractivity contribution in [3.63, 3.8) is 0 Å². The van der Waals surface area contributed by atoms with Gasteiger partial charge in [-0.1, -0.05) is 29.8 Å². The maximum atomic E-state index is 13.2. The predicted octanol–water partition coefficient (Wildman–Crippen LogP) is 3.14. The molecule has 1 unspecified atom stereocenters. The minimum Gasteiger partial charge on any atom is -0.366 e. The number of amides is 1. The van der Waals surface area contributed by atoms with Gasteiger partial charge in [-0.05, 0) is 30.3 Å². The third-order valence-electron chi connectivity index (χ3n) is 3.45. The number of anilines is 1. The summed E-state index contributed by atoms with van der Waals surface area (Å²) in [6.45, 7) is -0.0322. The Hall–Kier alpha value is -1.86. The van der Waals surface area contributed by atoms with Crippen LogP contribution < -0.4 is 10.7 Å². The van der Waals surface area contributed by atoms with Gasteiger partial charge in [0.15, 0.2) is 0 Å². The van der Waals surface area contributed by atoms with Crippen molar-refractivity contribution >= 4 is 35.0 Å². The summed E-state index contributed by atoms with van der Waals surface area (Å²) in [6.07, 6.45) is 0. The van der Waals surface area contributed by atoms with Gasteiger partial charge in [-0.3, -0.25) is 4.79 Å². The summed E-state index contributed by atoms with van der Waals surface area (Å²) >= 11 is 12.8. The summed E-state index contributed by atoms with van der Waals surface area (Å²) in [5.74, 6) is -1.04. The number of nitrogens with two attached hydrogens (primary N) is 1. The molecule has 120 valence electrons. The largest absolute Gasteiger partial charge is 0.366 e. The molecule has 1 aliphatic heterocycles. The van der Waals surface area contributed by atoms with Gasteiger partial charge in [-0.2, -0.15) is 0 Å². The van der Waals surface area contributed by atoms with Gasteiger partial charge >= 0.3 is 0 Å². The quantitative estimate of drug-likeness (QED) is 0.522. The van der Waals surface area contributed by atoms with E-state index < -0.39 is 16.9 Å². The number of primary amides is 1. The Morgan fingerprint density at radius 3 is 2.52 bits per heavy atom. The van der Waals surface area contributed by atoms with Crippen molar-refractivity contribution in [3.05, 3.63) is 65.5 Å².